The van der Waals surface area contributed by atoms with Gasteiger partial charge in [0.1, 0.15) is 17.4 Å². The summed E-state index contributed by atoms with van der Waals surface area (Å²) in [6.45, 7) is 2.92. The lowest BCUT2D eigenvalue weighted by atomic mass is 10.2. The number of carbonyl (C=O) groups excluding carboxylic acids is 1. The minimum Gasteiger partial charge on any atom is -0.492 e. The Bertz CT molecular complexity index is 865. The van der Waals surface area contributed by atoms with Crippen molar-refractivity contribution in [3.8, 4) is 5.75 Å². The van der Waals surface area contributed by atoms with Crippen LogP contribution in [0.4, 0.5) is 0 Å². The molecule has 0 saturated carbocycles. The zero-order chi connectivity index (χ0) is 17.5. The number of aryl methyl sites for hydroxylation is 1. The lowest BCUT2D eigenvalue weighted by Crippen LogP contribution is -2.29. The molecule has 3 aromatic rings. The van der Waals surface area contributed by atoms with Crippen LogP contribution in [-0.2, 0) is 4.79 Å². The molecule has 1 aromatic heterocycles. The van der Waals surface area contributed by atoms with E-state index in [-0.39, 0.29) is 5.91 Å². The number of amides is 1. The van der Waals surface area contributed by atoms with Crippen molar-refractivity contribution < 1.29 is 9.53 Å². The molecule has 0 aliphatic carbocycles. The maximum Gasteiger partial charge on any atom is 0.230 e. The van der Waals surface area contributed by atoms with E-state index in [1.165, 1.54) is 11.8 Å². The van der Waals surface area contributed by atoms with Gasteiger partial charge >= 0.3 is 0 Å². The molecule has 25 heavy (non-hydrogen) atoms. The molecule has 3 rings (SSSR count). The molecule has 5 nitrogen and oxygen atoms in total. The van der Waals surface area contributed by atoms with Gasteiger partial charge in [-0.1, -0.05) is 48.2 Å². The van der Waals surface area contributed by atoms with E-state index in [1.807, 2.05) is 55.5 Å². The molecule has 0 saturated heterocycles. The third kappa shape index (κ3) is 4.93. The molecular weight excluding hydrogens is 334 g/mol. The topological polar surface area (TPSA) is 64.1 Å². The molecule has 0 radical (unpaired) electrons. The lowest BCUT2D eigenvalue weighted by Gasteiger charge is -2.08. The average molecular weight is 353 g/mol. The van der Waals surface area contributed by atoms with Gasteiger partial charge in [0.15, 0.2) is 0 Å². The second-order valence-electron chi connectivity index (χ2n) is 5.54. The van der Waals surface area contributed by atoms with Crippen LogP contribution >= 0.6 is 11.8 Å². The maximum atomic E-state index is 12.0. The number of nitrogens with one attached hydrogen (secondary N) is 1. The quantitative estimate of drug-likeness (QED) is 0.522. The zero-order valence-corrected chi connectivity index (χ0v) is 14.8. The van der Waals surface area contributed by atoms with Crippen molar-refractivity contribution >= 4 is 28.4 Å². The van der Waals surface area contributed by atoms with Gasteiger partial charge in [-0.25, -0.2) is 0 Å². The highest BCUT2D eigenvalue weighted by molar-refractivity contribution is 8.00. The maximum absolute atomic E-state index is 12.0. The molecule has 0 unspecified atom stereocenters. The molecule has 128 valence electrons. The van der Waals surface area contributed by atoms with Gasteiger partial charge in [-0.15, -0.1) is 5.10 Å². The van der Waals surface area contributed by atoms with Crippen LogP contribution in [-0.4, -0.2) is 35.0 Å². The number of rotatable bonds is 7. The van der Waals surface area contributed by atoms with Gasteiger partial charge < -0.3 is 10.1 Å². The number of benzene rings is 2. The summed E-state index contributed by atoms with van der Waals surface area (Å²) in [5.41, 5.74) is 1.15. The first kappa shape index (κ1) is 17.2. The second kappa shape index (κ2) is 8.48. The summed E-state index contributed by atoms with van der Waals surface area (Å²) in [6.07, 6.45) is 1.72. The Balaban J connectivity index is 1.43. The molecule has 0 spiro atoms. The first-order valence-corrected chi connectivity index (χ1v) is 9.00. The standard InChI is InChI=1S/C19H19N3O2S/c1-14-5-4-7-16(11-14)24-10-9-20-18(23)13-25-19-17-8-3-2-6-15(17)12-21-22-19/h2-8,11-12H,9-10,13H2,1H3,(H,20,23). The van der Waals surface area contributed by atoms with E-state index in [0.717, 1.165) is 27.1 Å². The van der Waals surface area contributed by atoms with E-state index >= 15 is 0 Å². The van der Waals surface area contributed by atoms with E-state index < -0.39 is 0 Å². The average Bonchev–Trinajstić information content (AvgIpc) is 2.63. The number of aromatic nitrogens is 2. The molecule has 2 aromatic carbocycles. The number of ether oxygens (including phenoxy) is 1. The largest absolute Gasteiger partial charge is 0.492 e. The molecule has 0 atom stereocenters. The van der Waals surface area contributed by atoms with Gasteiger partial charge in [-0.2, -0.15) is 5.10 Å². The fourth-order valence-corrected chi connectivity index (χ4v) is 3.17. The van der Waals surface area contributed by atoms with Gasteiger partial charge in [-0.3, -0.25) is 4.79 Å². The molecule has 0 fully saturated rings. The molecule has 1 heterocycles. The Kier molecular flexibility index (Phi) is 5.85. The van der Waals surface area contributed by atoms with Crippen molar-refractivity contribution in [1.82, 2.24) is 15.5 Å². The van der Waals surface area contributed by atoms with Crippen LogP contribution in [0.15, 0.2) is 59.8 Å². The predicted molar refractivity (Wildman–Crippen MR) is 99.9 cm³/mol. The summed E-state index contributed by atoms with van der Waals surface area (Å²) in [6, 6.07) is 15.7. The predicted octanol–water partition coefficient (Wildman–Crippen LogP) is 3.23. The minimum atomic E-state index is -0.0485. The lowest BCUT2D eigenvalue weighted by molar-refractivity contribution is -0.118. The van der Waals surface area contributed by atoms with Gasteiger partial charge in [-0.05, 0) is 24.6 Å². The minimum absolute atomic E-state index is 0.0485. The summed E-state index contributed by atoms with van der Waals surface area (Å²) >= 11 is 1.39. The van der Waals surface area contributed by atoms with Gasteiger partial charge in [0.25, 0.3) is 0 Å². The SMILES string of the molecule is Cc1cccc(OCCNC(=O)CSc2nncc3ccccc23)c1. The van der Waals surface area contributed by atoms with Crippen LogP contribution in [0.5, 0.6) is 5.75 Å². The van der Waals surface area contributed by atoms with Crippen LogP contribution in [0.3, 0.4) is 0 Å². The number of thioether (sulfide) groups is 1. The smallest absolute Gasteiger partial charge is 0.230 e. The van der Waals surface area contributed by atoms with E-state index in [9.17, 15) is 4.79 Å². The second-order valence-corrected chi connectivity index (χ2v) is 6.50. The van der Waals surface area contributed by atoms with Gasteiger partial charge in [0, 0.05) is 10.8 Å². The van der Waals surface area contributed by atoms with Crippen molar-refractivity contribution in [2.75, 3.05) is 18.9 Å². The van der Waals surface area contributed by atoms with Gasteiger partial charge in [0.2, 0.25) is 5.91 Å². The van der Waals surface area contributed by atoms with Crippen LogP contribution in [0.2, 0.25) is 0 Å². The van der Waals surface area contributed by atoms with Crippen LogP contribution in [0.1, 0.15) is 5.56 Å². The van der Waals surface area contributed by atoms with Crippen molar-refractivity contribution in [1.29, 1.82) is 0 Å². The van der Waals surface area contributed by atoms with Crippen molar-refractivity contribution in [3.63, 3.8) is 0 Å². The summed E-state index contributed by atoms with van der Waals surface area (Å²) < 4.78 is 5.61. The highest BCUT2D eigenvalue weighted by atomic mass is 32.2. The van der Waals surface area contributed by atoms with Crippen LogP contribution in [0.25, 0.3) is 10.8 Å². The molecule has 0 aliphatic rings. The monoisotopic (exact) mass is 353 g/mol. The van der Waals surface area contributed by atoms with Crippen LogP contribution in [0, 0.1) is 6.92 Å². The summed E-state index contributed by atoms with van der Waals surface area (Å²) in [4.78, 5) is 12.0. The van der Waals surface area contributed by atoms with Crippen molar-refractivity contribution in [2.45, 2.75) is 11.9 Å². The Morgan fingerprint density at radius 3 is 2.96 bits per heavy atom. The third-order valence-corrected chi connectivity index (χ3v) is 4.54. The Hall–Kier alpha value is -2.60. The van der Waals surface area contributed by atoms with Crippen LogP contribution < -0.4 is 10.1 Å². The van der Waals surface area contributed by atoms with E-state index in [4.69, 9.17) is 4.74 Å². The number of nitrogens with zero attached hydrogens (tertiary/aromatic N) is 2. The molecular formula is C19H19N3O2S. The number of fused-ring (bicyclic) bond motifs is 1. The fraction of sp³-hybridized carbons (Fsp3) is 0.211. The number of carbonyl (C=O) groups is 1. The number of hydrogen-bond donors (Lipinski definition) is 1. The highest BCUT2D eigenvalue weighted by Crippen LogP contribution is 2.24. The summed E-state index contributed by atoms with van der Waals surface area (Å²) in [5.74, 6) is 1.06. The van der Waals surface area contributed by atoms with E-state index in [0.29, 0.717) is 18.9 Å². The molecule has 1 N–H and O–H groups in total. The Morgan fingerprint density at radius 1 is 1.20 bits per heavy atom. The molecule has 0 bridgehead atoms. The molecule has 0 aliphatic heterocycles. The first-order chi connectivity index (χ1) is 12.2. The van der Waals surface area contributed by atoms with Gasteiger partial charge in [0.05, 0.1) is 18.5 Å². The first-order valence-electron chi connectivity index (χ1n) is 8.02. The van der Waals surface area contributed by atoms with Crippen molar-refractivity contribution in [3.05, 3.63) is 60.3 Å². The van der Waals surface area contributed by atoms with Crippen molar-refractivity contribution in [2.24, 2.45) is 0 Å². The molecule has 1 amide bonds. The zero-order valence-electron chi connectivity index (χ0n) is 13.9. The number of hydrogen-bond acceptors (Lipinski definition) is 5. The summed E-state index contributed by atoms with van der Waals surface area (Å²) in [7, 11) is 0. The highest BCUT2D eigenvalue weighted by Gasteiger charge is 2.07. The third-order valence-electron chi connectivity index (χ3n) is 3.56. The Labute approximate surface area is 150 Å². The Morgan fingerprint density at radius 2 is 2.08 bits per heavy atom. The normalized spacial score (nSPS) is 10.6. The molecule has 6 heteroatoms. The van der Waals surface area contributed by atoms with E-state index in [1.54, 1.807) is 6.20 Å². The fourth-order valence-electron chi connectivity index (χ4n) is 2.36. The summed E-state index contributed by atoms with van der Waals surface area (Å²) in [5, 5.41) is 13.8. The van der Waals surface area contributed by atoms with E-state index in [2.05, 4.69) is 15.5 Å².